The van der Waals surface area contributed by atoms with E-state index in [0.717, 1.165) is 23.2 Å². The number of carbonyl (C=O) groups excluding carboxylic acids is 2. The molecule has 1 heterocycles. The monoisotopic (exact) mass is 395 g/mol. The minimum absolute atomic E-state index is 0.156. The van der Waals surface area contributed by atoms with Crippen molar-refractivity contribution in [2.75, 3.05) is 11.6 Å². The van der Waals surface area contributed by atoms with E-state index in [2.05, 4.69) is 15.0 Å². The van der Waals surface area contributed by atoms with Gasteiger partial charge in [-0.3, -0.25) is 9.59 Å². The molecule has 1 amide bonds. The van der Waals surface area contributed by atoms with Crippen molar-refractivity contribution in [3.8, 4) is 11.3 Å². The fourth-order valence-corrected chi connectivity index (χ4v) is 4.04. The van der Waals surface area contributed by atoms with Crippen LogP contribution in [0.4, 0.5) is 5.13 Å². The van der Waals surface area contributed by atoms with Gasteiger partial charge in [-0.2, -0.15) is 0 Å². The van der Waals surface area contributed by atoms with Gasteiger partial charge in [0.1, 0.15) is 6.04 Å². The molecule has 2 N–H and O–H groups in total. The van der Waals surface area contributed by atoms with Gasteiger partial charge in [0, 0.05) is 12.5 Å². The second-order valence-corrected chi connectivity index (χ2v) is 9.00. The average Bonchev–Trinajstić information content (AvgIpc) is 2.96. The maximum Gasteiger partial charge on any atom is 0.244 e. The normalized spacial score (nSPS) is 12.8. The zero-order chi connectivity index (χ0) is 19.5. The summed E-state index contributed by atoms with van der Waals surface area (Å²) in [6.45, 7) is 4.91. The van der Waals surface area contributed by atoms with Crippen molar-refractivity contribution in [1.82, 2.24) is 9.71 Å². The minimum Gasteiger partial charge on any atom is -0.301 e. The van der Waals surface area contributed by atoms with Crippen molar-refractivity contribution < 1.29 is 18.0 Å². The van der Waals surface area contributed by atoms with Gasteiger partial charge < -0.3 is 5.32 Å². The summed E-state index contributed by atoms with van der Waals surface area (Å²) in [6.07, 6.45) is 1.00. The van der Waals surface area contributed by atoms with E-state index in [0.29, 0.717) is 10.6 Å². The molecule has 2 rings (SSSR count). The third-order valence-corrected chi connectivity index (χ3v) is 5.27. The Bertz CT molecular complexity index is 905. The number of hydrogen-bond donors (Lipinski definition) is 2. The fourth-order valence-electron chi connectivity index (χ4n) is 2.31. The number of benzene rings is 1. The second-order valence-electron chi connectivity index (χ2n) is 6.22. The standard InChI is InChI=1S/C17H21N3O4S2/c1-10(2)13(20-26(4,23)24)16(22)19-17-18-14(15(25-17)11(3)21)12-8-6-5-7-9-12/h5-10,13,20H,1-4H3,(H,18,19,22)/t13-/m0/s1. The van der Waals surface area contributed by atoms with Crippen molar-refractivity contribution in [3.05, 3.63) is 35.2 Å². The van der Waals surface area contributed by atoms with Gasteiger partial charge in [0.2, 0.25) is 15.9 Å². The SMILES string of the molecule is CC(=O)c1sc(NC(=O)[C@@H](NS(C)(=O)=O)C(C)C)nc1-c1ccccc1. The molecule has 1 atom stereocenters. The maximum absolute atomic E-state index is 12.5. The molecule has 0 spiro atoms. The highest BCUT2D eigenvalue weighted by Crippen LogP contribution is 2.31. The number of ketones is 1. The first kappa shape index (κ1) is 20.2. The van der Waals surface area contributed by atoms with E-state index in [1.54, 1.807) is 13.8 Å². The molecular weight excluding hydrogens is 374 g/mol. The molecule has 0 bridgehead atoms. The molecule has 0 aliphatic carbocycles. The molecule has 1 aromatic carbocycles. The van der Waals surface area contributed by atoms with Crippen molar-refractivity contribution in [1.29, 1.82) is 0 Å². The minimum atomic E-state index is -3.55. The van der Waals surface area contributed by atoms with Crippen LogP contribution in [0.15, 0.2) is 30.3 Å². The number of amides is 1. The van der Waals surface area contributed by atoms with E-state index in [1.807, 2.05) is 30.3 Å². The van der Waals surface area contributed by atoms with Gasteiger partial charge in [-0.25, -0.2) is 18.1 Å². The Hall–Kier alpha value is -2.10. The summed E-state index contributed by atoms with van der Waals surface area (Å²) in [5, 5.41) is 2.87. The summed E-state index contributed by atoms with van der Waals surface area (Å²) >= 11 is 1.07. The Morgan fingerprint density at radius 2 is 1.77 bits per heavy atom. The lowest BCUT2D eigenvalue weighted by Gasteiger charge is -2.19. The summed E-state index contributed by atoms with van der Waals surface area (Å²) in [6, 6.07) is 8.25. The van der Waals surface area contributed by atoms with Crippen LogP contribution in [0.25, 0.3) is 11.3 Å². The van der Waals surface area contributed by atoms with Gasteiger partial charge in [0.15, 0.2) is 10.9 Å². The van der Waals surface area contributed by atoms with Gasteiger partial charge >= 0.3 is 0 Å². The van der Waals surface area contributed by atoms with Crippen LogP contribution in [-0.2, 0) is 14.8 Å². The van der Waals surface area contributed by atoms with Crippen LogP contribution in [0.1, 0.15) is 30.4 Å². The van der Waals surface area contributed by atoms with E-state index in [9.17, 15) is 18.0 Å². The fraction of sp³-hybridized carbons (Fsp3) is 0.353. The summed E-state index contributed by atoms with van der Waals surface area (Å²) in [4.78, 5) is 29.2. The largest absolute Gasteiger partial charge is 0.301 e. The number of nitrogens with one attached hydrogen (secondary N) is 2. The molecule has 0 radical (unpaired) electrons. The van der Waals surface area contributed by atoms with E-state index in [1.165, 1.54) is 6.92 Å². The summed E-state index contributed by atoms with van der Waals surface area (Å²) < 4.78 is 25.3. The van der Waals surface area contributed by atoms with Crippen molar-refractivity contribution in [2.45, 2.75) is 26.8 Å². The highest BCUT2D eigenvalue weighted by Gasteiger charge is 2.27. The number of rotatable bonds is 7. The molecule has 2 aromatic rings. The Balaban J connectivity index is 2.32. The topological polar surface area (TPSA) is 105 Å². The first-order valence-corrected chi connectivity index (χ1v) is 10.6. The lowest BCUT2D eigenvalue weighted by atomic mass is 10.1. The molecular formula is C17H21N3O4S2. The lowest BCUT2D eigenvalue weighted by Crippen LogP contribution is -2.46. The predicted molar refractivity (Wildman–Crippen MR) is 103 cm³/mol. The van der Waals surface area contributed by atoms with Crippen LogP contribution >= 0.6 is 11.3 Å². The first-order chi connectivity index (χ1) is 12.1. The molecule has 26 heavy (non-hydrogen) atoms. The Labute approximate surface area is 156 Å². The van der Waals surface area contributed by atoms with Crippen LogP contribution in [-0.4, -0.2) is 37.4 Å². The summed E-state index contributed by atoms with van der Waals surface area (Å²) in [5.41, 5.74) is 1.26. The van der Waals surface area contributed by atoms with E-state index in [4.69, 9.17) is 0 Å². The van der Waals surface area contributed by atoms with Gasteiger partial charge in [-0.15, -0.1) is 0 Å². The number of Topliss-reactive ketones (excluding diaryl/α,β-unsaturated/α-hetero) is 1. The molecule has 0 aliphatic rings. The molecule has 7 nitrogen and oxygen atoms in total. The lowest BCUT2D eigenvalue weighted by molar-refractivity contribution is -0.118. The number of hydrogen-bond acceptors (Lipinski definition) is 6. The Kier molecular flexibility index (Phi) is 6.27. The summed E-state index contributed by atoms with van der Waals surface area (Å²) in [7, 11) is -3.55. The van der Waals surface area contributed by atoms with Gasteiger partial charge in [0.25, 0.3) is 0 Å². The van der Waals surface area contributed by atoms with Crippen molar-refractivity contribution in [2.24, 2.45) is 5.92 Å². The molecule has 9 heteroatoms. The zero-order valence-corrected chi connectivity index (χ0v) is 16.6. The van der Waals surface area contributed by atoms with Gasteiger partial charge in [-0.05, 0) is 5.92 Å². The molecule has 1 aromatic heterocycles. The van der Waals surface area contributed by atoms with Crippen LogP contribution in [0, 0.1) is 5.92 Å². The molecule has 0 unspecified atom stereocenters. The molecule has 140 valence electrons. The van der Waals surface area contributed by atoms with Gasteiger partial charge in [-0.1, -0.05) is 55.5 Å². The maximum atomic E-state index is 12.5. The first-order valence-electron chi connectivity index (χ1n) is 7.94. The molecule has 0 aliphatic heterocycles. The Morgan fingerprint density at radius 3 is 2.27 bits per heavy atom. The second kappa shape index (κ2) is 8.07. The zero-order valence-electron chi connectivity index (χ0n) is 14.9. The number of sulfonamides is 1. The highest BCUT2D eigenvalue weighted by atomic mass is 32.2. The molecule has 0 saturated carbocycles. The van der Waals surface area contributed by atoms with E-state index in [-0.39, 0.29) is 16.8 Å². The molecule has 0 fully saturated rings. The third-order valence-electron chi connectivity index (χ3n) is 3.51. The molecule has 0 saturated heterocycles. The quantitative estimate of drug-likeness (QED) is 0.701. The number of carbonyl (C=O) groups is 2. The van der Waals surface area contributed by atoms with Crippen LogP contribution < -0.4 is 10.0 Å². The van der Waals surface area contributed by atoms with E-state index < -0.39 is 22.0 Å². The number of aromatic nitrogens is 1. The van der Waals surface area contributed by atoms with Crippen molar-refractivity contribution in [3.63, 3.8) is 0 Å². The third kappa shape index (κ3) is 5.20. The van der Waals surface area contributed by atoms with Crippen LogP contribution in [0.3, 0.4) is 0 Å². The van der Waals surface area contributed by atoms with Crippen LogP contribution in [0.5, 0.6) is 0 Å². The predicted octanol–water partition coefficient (Wildman–Crippen LogP) is 2.53. The van der Waals surface area contributed by atoms with Crippen LogP contribution in [0.2, 0.25) is 0 Å². The number of anilines is 1. The van der Waals surface area contributed by atoms with Gasteiger partial charge in [0.05, 0.1) is 16.8 Å². The van der Waals surface area contributed by atoms with E-state index >= 15 is 0 Å². The highest BCUT2D eigenvalue weighted by molar-refractivity contribution is 7.88. The number of thiazole rings is 1. The summed E-state index contributed by atoms with van der Waals surface area (Å²) in [5.74, 6) is -0.934. The number of nitrogens with zero attached hydrogens (tertiary/aromatic N) is 1. The Morgan fingerprint density at radius 1 is 1.15 bits per heavy atom. The van der Waals surface area contributed by atoms with Crippen molar-refractivity contribution >= 4 is 38.2 Å². The average molecular weight is 396 g/mol. The smallest absolute Gasteiger partial charge is 0.244 e.